The van der Waals surface area contributed by atoms with E-state index in [9.17, 15) is 26.7 Å². The first-order valence-corrected chi connectivity index (χ1v) is 5.18. The molecule has 0 aliphatic carbocycles. The van der Waals surface area contributed by atoms with Gasteiger partial charge in [0.1, 0.15) is 0 Å². The van der Waals surface area contributed by atoms with Crippen LogP contribution in [-0.4, -0.2) is 16.1 Å². The van der Waals surface area contributed by atoms with Gasteiger partial charge in [0.25, 0.3) is 6.43 Å². The van der Waals surface area contributed by atoms with Crippen LogP contribution >= 0.6 is 15.9 Å². The molecule has 0 unspecified atom stereocenters. The lowest BCUT2D eigenvalue weighted by molar-refractivity contribution is -0.140. The van der Waals surface area contributed by atoms with Gasteiger partial charge in [-0.2, -0.15) is 13.2 Å². The minimum absolute atomic E-state index is 0.530. The zero-order valence-electron chi connectivity index (χ0n) is 8.43. The summed E-state index contributed by atoms with van der Waals surface area (Å²) < 4.78 is 62.1. The van der Waals surface area contributed by atoms with Crippen molar-refractivity contribution in [3.63, 3.8) is 0 Å². The lowest BCUT2D eigenvalue weighted by Crippen LogP contribution is -2.16. The fourth-order valence-corrected chi connectivity index (χ4v) is 1.99. The number of carboxylic acid groups (broad SMARTS) is 1. The average Bonchev–Trinajstić information content (AvgIpc) is 2.13. The van der Waals surface area contributed by atoms with Crippen LogP contribution in [0.15, 0.2) is 10.7 Å². The van der Waals surface area contributed by atoms with Crippen molar-refractivity contribution < 1.29 is 31.9 Å². The molecule has 0 bridgehead atoms. The number of pyridine rings is 1. The van der Waals surface area contributed by atoms with Gasteiger partial charge in [-0.05, 0) is 15.9 Å². The number of halogens is 6. The van der Waals surface area contributed by atoms with Crippen molar-refractivity contribution in [2.24, 2.45) is 0 Å². The van der Waals surface area contributed by atoms with Crippen LogP contribution in [-0.2, 0) is 17.4 Å². The Hall–Kier alpha value is -1.25. The summed E-state index contributed by atoms with van der Waals surface area (Å²) in [4.78, 5) is 13.6. The largest absolute Gasteiger partial charge is 0.481 e. The van der Waals surface area contributed by atoms with E-state index in [-0.39, 0.29) is 0 Å². The normalized spacial score (nSPS) is 11.9. The molecule has 9 heteroatoms. The van der Waals surface area contributed by atoms with E-state index in [1.807, 2.05) is 0 Å². The molecule has 0 spiro atoms. The second-order valence-electron chi connectivity index (χ2n) is 3.22. The summed E-state index contributed by atoms with van der Waals surface area (Å²) >= 11 is 2.43. The van der Waals surface area contributed by atoms with Crippen LogP contribution < -0.4 is 0 Å². The number of aliphatic carboxylic acids is 1. The van der Waals surface area contributed by atoms with Gasteiger partial charge in [0.2, 0.25) is 0 Å². The maximum Gasteiger partial charge on any atom is 0.419 e. The predicted molar refractivity (Wildman–Crippen MR) is 53.2 cm³/mol. The highest BCUT2D eigenvalue weighted by Gasteiger charge is 2.38. The fourth-order valence-electron chi connectivity index (χ4n) is 1.26. The van der Waals surface area contributed by atoms with E-state index in [2.05, 4.69) is 20.9 Å². The Kier molecular flexibility index (Phi) is 4.25. The smallest absolute Gasteiger partial charge is 0.419 e. The Bertz CT molecular complexity index is 475. The van der Waals surface area contributed by atoms with Crippen molar-refractivity contribution in [2.45, 2.75) is 19.0 Å². The first-order chi connectivity index (χ1) is 8.14. The van der Waals surface area contributed by atoms with Gasteiger partial charge in [-0.1, -0.05) is 0 Å². The molecule has 0 atom stereocenters. The van der Waals surface area contributed by atoms with E-state index in [1.54, 1.807) is 0 Å². The fraction of sp³-hybridized carbons (Fsp3) is 0.333. The van der Waals surface area contributed by atoms with Gasteiger partial charge in [-0.3, -0.25) is 9.78 Å². The van der Waals surface area contributed by atoms with Gasteiger partial charge in [0, 0.05) is 10.7 Å². The SMILES string of the molecule is O=C(O)Cc1ncc(C(F)F)c(Br)c1C(F)(F)F. The minimum atomic E-state index is -4.97. The van der Waals surface area contributed by atoms with E-state index in [1.165, 1.54) is 0 Å². The Morgan fingerprint density at radius 2 is 2.00 bits per heavy atom. The van der Waals surface area contributed by atoms with Crippen LogP contribution in [0.3, 0.4) is 0 Å². The second kappa shape index (κ2) is 5.17. The molecular formula is C9H5BrF5NO2. The van der Waals surface area contributed by atoms with Crippen molar-refractivity contribution in [2.75, 3.05) is 0 Å². The summed E-state index contributed by atoms with van der Waals surface area (Å²) in [6, 6.07) is 0. The highest BCUT2D eigenvalue weighted by Crippen LogP contribution is 2.40. The number of aromatic nitrogens is 1. The zero-order valence-corrected chi connectivity index (χ0v) is 10.0. The molecule has 1 aromatic heterocycles. The first kappa shape index (κ1) is 14.8. The third-order valence-electron chi connectivity index (χ3n) is 1.96. The van der Waals surface area contributed by atoms with Crippen molar-refractivity contribution in [3.05, 3.63) is 27.5 Å². The van der Waals surface area contributed by atoms with E-state index in [0.717, 1.165) is 0 Å². The number of hydrogen-bond donors (Lipinski definition) is 1. The quantitative estimate of drug-likeness (QED) is 0.862. The van der Waals surface area contributed by atoms with Gasteiger partial charge < -0.3 is 5.11 Å². The monoisotopic (exact) mass is 333 g/mol. The Morgan fingerprint density at radius 1 is 1.44 bits per heavy atom. The summed E-state index contributed by atoms with van der Waals surface area (Å²) in [7, 11) is 0. The third kappa shape index (κ3) is 3.15. The lowest BCUT2D eigenvalue weighted by Gasteiger charge is -2.15. The third-order valence-corrected chi connectivity index (χ3v) is 2.81. The molecule has 0 aromatic carbocycles. The van der Waals surface area contributed by atoms with E-state index in [4.69, 9.17) is 5.11 Å². The van der Waals surface area contributed by atoms with Gasteiger partial charge in [0.15, 0.2) is 0 Å². The van der Waals surface area contributed by atoms with Crippen molar-refractivity contribution in [1.29, 1.82) is 0 Å². The number of rotatable bonds is 3. The standard InChI is InChI=1S/C9H5BrF5NO2/c10-7-3(8(11)12)2-16-4(1-5(17)18)6(7)9(13,14)15/h2,8H,1H2,(H,17,18). The number of carbonyl (C=O) groups is 1. The molecule has 1 rings (SSSR count). The second-order valence-corrected chi connectivity index (χ2v) is 4.01. The molecule has 0 saturated carbocycles. The van der Waals surface area contributed by atoms with Crippen molar-refractivity contribution in [3.8, 4) is 0 Å². The van der Waals surface area contributed by atoms with Crippen molar-refractivity contribution in [1.82, 2.24) is 4.98 Å². The Balaban J connectivity index is 3.47. The number of hydrogen-bond acceptors (Lipinski definition) is 2. The molecule has 0 amide bonds. The summed E-state index contributed by atoms with van der Waals surface area (Å²) in [6.45, 7) is 0. The van der Waals surface area contributed by atoms with Gasteiger partial charge in [-0.15, -0.1) is 0 Å². The molecule has 18 heavy (non-hydrogen) atoms. The van der Waals surface area contributed by atoms with Crippen LogP contribution in [0.1, 0.15) is 23.2 Å². The molecule has 0 aliphatic rings. The minimum Gasteiger partial charge on any atom is -0.481 e. The molecular weight excluding hydrogens is 329 g/mol. The predicted octanol–water partition coefficient (Wildman–Crippen LogP) is 3.43. The summed E-state index contributed by atoms with van der Waals surface area (Å²) in [5.41, 5.74) is -3.23. The number of nitrogens with zero attached hydrogens (tertiary/aromatic N) is 1. The zero-order chi connectivity index (χ0) is 14.1. The highest BCUT2D eigenvalue weighted by molar-refractivity contribution is 9.10. The molecule has 1 N–H and O–H groups in total. The van der Waals surface area contributed by atoms with Crippen molar-refractivity contribution >= 4 is 21.9 Å². The Labute approximate surface area is 106 Å². The molecule has 0 aliphatic heterocycles. The van der Waals surface area contributed by atoms with Gasteiger partial charge >= 0.3 is 12.1 Å². The van der Waals surface area contributed by atoms with Crippen LogP contribution in [0.4, 0.5) is 22.0 Å². The van der Waals surface area contributed by atoms with Crippen LogP contribution in [0.5, 0.6) is 0 Å². The van der Waals surface area contributed by atoms with Crippen LogP contribution in [0.2, 0.25) is 0 Å². The number of carboxylic acids is 1. The first-order valence-electron chi connectivity index (χ1n) is 4.39. The highest BCUT2D eigenvalue weighted by atomic mass is 79.9. The maximum absolute atomic E-state index is 12.7. The molecule has 0 fully saturated rings. The maximum atomic E-state index is 12.7. The van der Waals surface area contributed by atoms with Crippen LogP contribution in [0.25, 0.3) is 0 Å². The Morgan fingerprint density at radius 3 is 2.39 bits per heavy atom. The molecule has 100 valence electrons. The molecule has 3 nitrogen and oxygen atoms in total. The summed E-state index contributed by atoms with van der Waals surface area (Å²) in [5, 5.41) is 8.46. The van der Waals surface area contributed by atoms with Gasteiger partial charge in [-0.25, -0.2) is 8.78 Å². The average molecular weight is 334 g/mol. The number of alkyl halides is 5. The topological polar surface area (TPSA) is 50.2 Å². The van der Waals surface area contributed by atoms with Crippen LogP contribution in [0, 0.1) is 0 Å². The van der Waals surface area contributed by atoms with E-state index in [0.29, 0.717) is 6.20 Å². The summed E-state index contributed by atoms with van der Waals surface area (Å²) in [6.07, 6.45) is -8.59. The molecule has 0 radical (unpaired) electrons. The molecule has 0 saturated heterocycles. The summed E-state index contributed by atoms with van der Waals surface area (Å²) in [5.74, 6) is -1.54. The van der Waals surface area contributed by atoms with E-state index >= 15 is 0 Å². The lowest BCUT2D eigenvalue weighted by atomic mass is 10.1. The molecule has 1 heterocycles. The van der Waals surface area contributed by atoms with Gasteiger partial charge in [0.05, 0.1) is 23.2 Å². The molecule has 1 aromatic rings. The van der Waals surface area contributed by atoms with E-state index < -0.39 is 46.3 Å².